The van der Waals surface area contributed by atoms with E-state index in [2.05, 4.69) is 24.8 Å². The number of rotatable bonds is 2. The molecule has 0 atom stereocenters. The fourth-order valence-corrected chi connectivity index (χ4v) is 1.03. The van der Waals surface area contributed by atoms with E-state index in [9.17, 15) is 0 Å². The maximum absolute atomic E-state index is 3.74. The Hall–Kier alpha value is -1.30. The molecular formula is C17H30. The van der Waals surface area contributed by atoms with Crippen LogP contribution in [0, 0.1) is 0 Å². The fraction of sp³-hybridized carbons (Fsp3) is 0.412. The highest BCUT2D eigenvalue weighted by molar-refractivity contribution is 5.63. The fourth-order valence-electron chi connectivity index (χ4n) is 1.03. The molecule has 0 heteroatoms. The molecule has 0 spiro atoms. The Labute approximate surface area is 109 Å². The lowest BCUT2D eigenvalue weighted by atomic mass is 10.1. The summed E-state index contributed by atoms with van der Waals surface area (Å²) in [6.07, 6.45) is 5.98. The normalized spacial score (nSPS) is 7.71. The Morgan fingerprint density at radius 2 is 1.24 bits per heavy atom. The highest BCUT2D eigenvalue weighted by atomic mass is 13.9. The minimum atomic E-state index is 1.19. The summed E-state index contributed by atoms with van der Waals surface area (Å²) in [5.74, 6) is 0. The van der Waals surface area contributed by atoms with Crippen molar-refractivity contribution < 1.29 is 0 Å². The van der Waals surface area contributed by atoms with Crippen molar-refractivity contribution in [3.63, 3.8) is 0 Å². The van der Waals surface area contributed by atoms with E-state index in [0.29, 0.717) is 0 Å². The molecule has 1 rings (SSSR count). The molecule has 0 amide bonds. The van der Waals surface area contributed by atoms with Gasteiger partial charge in [-0.15, -0.1) is 0 Å². The lowest BCUT2D eigenvalue weighted by molar-refractivity contribution is 1.50. The minimum absolute atomic E-state index is 1.19. The van der Waals surface area contributed by atoms with Gasteiger partial charge in [0.25, 0.3) is 0 Å². The van der Waals surface area contributed by atoms with Gasteiger partial charge in [0, 0.05) is 0 Å². The first-order valence-corrected chi connectivity index (χ1v) is 6.72. The van der Waals surface area contributed by atoms with Gasteiger partial charge in [-0.05, 0) is 18.1 Å². The Morgan fingerprint density at radius 3 is 1.59 bits per heavy atom. The average Bonchev–Trinajstić information content (AvgIpc) is 2.46. The lowest BCUT2D eigenvalue weighted by Crippen LogP contribution is -1.76. The van der Waals surface area contributed by atoms with E-state index in [1.54, 1.807) is 0 Å². The van der Waals surface area contributed by atoms with Crippen molar-refractivity contribution in [3.8, 4) is 0 Å². The summed E-state index contributed by atoms with van der Waals surface area (Å²) in [5, 5.41) is 0. The van der Waals surface area contributed by atoms with Gasteiger partial charge in [0.15, 0.2) is 0 Å². The third-order valence-corrected chi connectivity index (χ3v) is 1.56. The van der Waals surface area contributed by atoms with Crippen LogP contribution in [0.2, 0.25) is 0 Å². The second kappa shape index (κ2) is 20.2. The smallest absolute Gasteiger partial charge is 0.0188 e. The summed E-state index contributed by atoms with van der Waals surface area (Å²) in [6.45, 7) is 17.8. The first-order chi connectivity index (χ1) is 8.38. The molecule has 0 aromatic heterocycles. The van der Waals surface area contributed by atoms with Crippen LogP contribution in [0.15, 0.2) is 36.9 Å². The lowest BCUT2D eigenvalue weighted by Gasteiger charge is -1.97. The molecule has 0 N–H and O–H groups in total. The summed E-state index contributed by atoms with van der Waals surface area (Å²) in [7, 11) is 0. The third kappa shape index (κ3) is 11.0. The van der Waals surface area contributed by atoms with Gasteiger partial charge in [-0.1, -0.05) is 90.6 Å². The maximum atomic E-state index is 3.74. The first kappa shape index (κ1) is 21.0. The van der Waals surface area contributed by atoms with Crippen molar-refractivity contribution in [2.75, 3.05) is 0 Å². The Kier molecular flexibility index (Phi) is 24.9. The predicted molar refractivity (Wildman–Crippen MR) is 85.3 cm³/mol. The van der Waals surface area contributed by atoms with Crippen LogP contribution in [0.1, 0.15) is 59.6 Å². The van der Waals surface area contributed by atoms with E-state index in [1.165, 1.54) is 11.1 Å². The zero-order valence-electron chi connectivity index (χ0n) is 12.7. The largest absolute Gasteiger partial charge is 0.0984 e. The highest BCUT2D eigenvalue weighted by Gasteiger charge is 1.90. The minimum Gasteiger partial charge on any atom is -0.0984 e. The highest BCUT2D eigenvalue weighted by Crippen LogP contribution is 2.11. The summed E-state index contributed by atoms with van der Waals surface area (Å²) < 4.78 is 0. The summed E-state index contributed by atoms with van der Waals surface area (Å²) in [4.78, 5) is 0. The molecule has 0 nitrogen and oxygen atoms in total. The van der Waals surface area contributed by atoms with Crippen molar-refractivity contribution in [2.45, 2.75) is 48.5 Å². The number of hydrogen-bond acceptors (Lipinski definition) is 0. The van der Waals surface area contributed by atoms with Gasteiger partial charge in [-0.2, -0.15) is 0 Å². The van der Waals surface area contributed by atoms with Crippen molar-refractivity contribution in [2.24, 2.45) is 0 Å². The second-order valence-electron chi connectivity index (χ2n) is 2.33. The molecule has 1 aromatic carbocycles. The van der Waals surface area contributed by atoms with Crippen LogP contribution in [-0.2, 0) is 0 Å². The van der Waals surface area contributed by atoms with Gasteiger partial charge in [-0.25, -0.2) is 0 Å². The van der Waals surface area contributed by atoms with Crippen LogP contribution in [0.4, 0.5) is 0 Å². The molecule has 1 aromatic rings. The molecule has 0 radical (unpaired) electrons. The van der Waals surface area contributed by atoms with Gasteiger partial charge in [0.1, 0.15) is 0 Å². The van der Waals surface area contributed by atoms with Crippen LogP contribution in [0.3, 0.4) is 0 Å². The molecule has 0 aliphatic heterocycles. The molecule has 98 valence electrons. The van der Waals surface area contributed by atoms with Crippen molar-refractivity contribution in [1.82, 2.24) is 0 Å². The molecule has 0 saturated carbocycles. The van der Waals surface area contributed by atoms with Crippen LogP contribution < -0.4 is 0 Å². The van der Waals surface area contributed by atoms with Gasteiger partial charge >= 0.3 is 0 Å². The number of benzene rings is 1. The van der Waals surface area contributed by atoms with Gasteiger partial charge < -0.3 is 0 Å². The Balaban J connectivity index is -0.000000285. The van der Waals surface area contributed by atoms with E-state index >= 15 is 0 Å². The standard InChI is InChI=1S/C11H12.3C2H6/c1-3-7-11-9-6-5-8-10(11)4-2;3*1-2/h3-9H,2H2,1H3;3*1-2H3/b7-3-;;;. The van der Waals surface area contributed by atoms with Gasteiger partial charge in [0.05, 0.1) is 0 Å². The van der Waals surface area contributed by atoms with Crippen molar-refractivity contribution in [1.29, 1.82) is 0 Å². The second-order valence-corrected chi connectivity index (χ2v) is 2.33. The van der Waals surface area contributed by atoms with E-state index in [1.807, 2.05) is 72.8 Å². The van der Waals surface area contributed by atoms with Crippen LogP contribution in [-0.4, -0.2) is 0 Å². The van der Waals surface area contributed by atoms with Gasteiger partial charge in [-0.3, -0.25) is 0 Å². The molecule has 17 heavy (non-hydrogen) atoms. The molecule has 0 bridgehead atoms. The zero-order chi connectivity index (χ0) is 14.1. The molecule has 0 saturated heterocycles. The predicted octanol–water partition coefficient (Wildman–Crippen LogP) is 6.44. The summed E-state index contributed by atoms with van der Waals surface area (Å²) >= 11 is 0. The number of hydrogen-bond donors (Lipinski definition) is 0. The molecule has 0 fully saturated rings. The van der Waals surface area contributed by atoms with E-state index in [-0.39, 0.29) is 0 Å². The van der Waals surface area contributed by atoms with E-state index < -0.39 is 0 Å². The summed E-state index contributed by atoms with van der Waals surface area (Å²) in [6, 6.07) is 8.19. The Bertz CT molecular complexity index is 269. The molecular weight excluding hydrogens is 204 g/mol. The van der Waals surface area contributed by atoms with Crippen LogP contribution in [0.5, 0.6) is 0 Å². The average molecular weight is 234 g/mol. The molecule has 0 unspecified atom stereocenters. The first-order valence-electron chi connectivity index (χ1n) is 6.72. The SMILES string of the molecule is C=Cc1ccccc1/C=C\C.CC.CC.CC. The maximum Gasteiger partial charge on any atom is -0.0188 e. The third-order valence-electron chi connectivity index (χ3n) is 1.56. The topological polar surface area (TPSA) is 0 Å². The Morgan fingerprint density at radius 1 is 0.824 bits per heavy atom. The zero-order valence-corrected chi connectivity index (χ0v) is 12.7. The molecule has 0 heterocycles. The van der Waals surface area contributed by atoms with Crippen molar-refractivity contribution in [3.05, 3.63) is 48.0 Å². The van der Waals surface area contributed by atoms with Gasteiger partial charge in [0.2, 0.25) is 0 Å². The van der Waals surface area contributed by atoms with Crippen LogP contribution in [0.25, 0.3) is 12.2 Å². The molecule has 0 aliphatic rings. The van der Waals surface area contributed by atoms with Crippen LogP contribution >= 0.6 is 0 Å². The molecule has 0 aliphatic carbocycles. The van der Waals surface area contributed by atoms with E-state index in [0.717, 1.165) is 0 Å². The number of allylic oxidation sites excluding steroid dienone is 1. The van der Waals surface area contributed by atoms with E-state index in [4.69, 9.17) is 0 Å². The summed E-state index contributed by atoms with van der Waals surface area (Å²) in [5.41, 5.74) is 2.41. The quantitative estimate of drug-likeness (QED) is 0.552. The van der Waals surface area contributed by atoms with Crippen molar-refractivity contribution >= 4 is 12.2 Å². The monoisotopic (exact) mass is 234 g/mol.